The first kappa shape index (κ1) is 26.7. The molecule has 0 radical (unpaired) electrons. The van der Waals surface area contributed by atoms with Gasteiger partial charge in [0.2, 0.25) is 5.91 Å². The van der Waals surface area contributed by atoms with Gasteiger partial charge in [-0.3, -0.25) is 9.59 Å². The summed E-state index contributed by atoms with van der Waals surface area (Å²) in [6.07, 6.45) is 0.174. The van der Waals surface area contributed by atoms with E-state index in [2.05, 4.69) is 5.32 Å². The van der Waals surface area contributed by atoms with Gasteiger partial charge in [0, 0.05) is 13.1 Å². The zero-order valence-electron chi connectivity index (χ0n) is 21.3. The molecule has 1 aliphatic rings. The van der Waals surface area contributed by atoms with E-state index in [0.29, 0.717) is 18.8 Å². The Morgan fingerprint density at radius 2 is 1.50 bits per heavy atom. The Bertz CT molecular complexity index is 1220. The lowest BCUT2D eigenvalue weighted by molar-refractivity contribution is -0.154. The number of nitrogens with one attached hydrogen (secondary N) is 1. The predicted octanol–water partition coefficient (Wildman–Crippen LogP) is 5.23. The standard InChI is InChI=1S/C30H32N2O6/c1-2-17-32(19-21-13-15-24(16-14-21)38-23-11-7-4-8-12-23)28(33)25-18-26(29(34)35)27(25)31-30(36)37-20-22-9-5-3-6-10-22/h3-16,25-27H,2,17-20H2,1H3,(H,31,36)(H,34,35). The van der Waals surface area contributed by atoms with Crippen LogP contribution in [0.5, 0.6) is 11.5 Å². The van der Waals surface area contributed by atoms with Crippen molar-refractivity contribution in [2.45, 2.75) is 39.0 Å². The summed E-state index contributed by atoms with van der Waals surface area (Å²) >= 11 is 0. The van der Waals surface area contributed by atoms with E-state index in [1.54, 1.807) is 4.90 Å². The van der Waals surface area contributed by atoms with Crippen LogP contribution in [0.2, 0.25) is 0 Å². The van der Waals surface area contributed by atoms with Crippen molar-refractivity contribution >= 4 is 18.0 Å². The molecule has 2 N–H and O–H groups in total. The first-order chi connectivity index (χ1) is 18.4. The molecule has 0 aromatic heterocycles. The summed E-state index contributed by atoms with van der Waals surface area (Å²) in [5, 5.41) is 12.2. The minimum absolute atomic E-state index is 0.0572. The lowest BCUT2D eigenvalue weighted by Crippen LogP contribution is -2.61. The highest BCUT2D eigenvalue weighted by Crippen LogP contribution is 2.36. The lowest BCUT2D eigenvalue weighted by atomic mass is 9.69. The van der Waals surface area contributed by atoms with E-state index in [1.165, 1.54) is 0 Å². The number of carbonyl (C=O) groups excluding carboxylic acids is 2. The van der Waals surface area contributed by atoms with Crippen molar-refractivity contribution in [3.8, 4) is 11.5 Å². The van der Waals surface area contributed by atoms with E-state index in [0.717, 1.165) is 23.3 Å². The van der Waals surface area contributed by atoms with Crippen LogP contribution in [0.25, 0.3) is 0 Å². The minimum Gasteiger partial charge on any atom is -0.481 e. The molecule has 1 saturated carbocycles. The molecule has 8 nitrogen and oxygen atoms in total. The number of benzene rings is 3. The van der Waals surface area contributed by atoms with Crippen molar-refractivity contribution in [3.05, 3.63) is 96.1 Å². The summed E-state index contributed by atoms with van der Waals surface area (Å²) < 4.78 is 11.1. The predicted molar refractivity (Wildman–Crippen MR) is 141 cm³/mol. The molecule has 0 aliphatic heterocycles. The number of alkyl carbamates (subject to hydrolysis) is 1. The van der Waals surface area contributed by atoms with Crippen molar-refractivity contribution in [3.63, 3.8) is 0 Å². The van der Waals surface area contributed by atoms with Crippen LogP contribution in [0.15, 0.2) is 84.9 Å². The maximum absolute atomic E-state index is 13.5. The highest BCUT2D eigenvalue weighted by atomic mass is 16.5. The summed E-state index contributed by atoms with van der Waals surface area (Å²) in [6, 6.07) is 25.4. The highest BCUT2D eigenvalue weighted by Gasteiger charge is 2.51. The van der Waals surface area contributed by atoms with Gasteiger partial charge < -0.3 is 24.8 Å². The van der Waals surface area contributed by atoms with E-state index < -0.39 is 29.9 Å². The number of amides is 2. The Morgan fingerprint density at radius 1 is 0.868 bits per heavy atom. The number of carboxylic acid groups (broad SMARTS) is 1. The zero-order valence-corrected chi connectivity index (χ0v) is 21.3. The van der Waals surface area contributed by atoms with E-state index in [-0.39, 0.29) is 18.9 Å². The maximum Gasteiger partial charge on any atom is 0.407 e. The second-order valence-electron chi connectivity index (χ2n) is 9.34. The van der Waals surface area contributed by atoms with Crippen LogP contribution >= 0.6 is 0 Å². The number of carboxylic acids is 1. The van der Waals surface area contributed by atoms with Crippen LogP contribution in [0.1, 0.15) is 30.9 Å². The zero-order chi connectivity index (χ0) is 26.9. The van der Waals surface area contributed by atoms with Gasteiger partial charge in [0.1, 0.15) is 18.1 Å². The Morgan fingerprint density at radius 3 is 2.13 bits per heavy atom. The van der Waals surface area contributed by atoms with Crippen molar-refractivity contribution < 1.29 is 29.0 Å². The third-order valence-corrected chi connectivity index (χ3v) is 6.59. The van der Waals surface area contributed by atoms with Crippen LogP contribution in [-0.2, 0) is 27.5 Å². The number of para-hydroxylation sites is 1. The number of nitrogens with zero attached hydrogens (tertiary/aromatic N) is 1. The van der Waals surface area contributed by atoms with Gasteiger partial charge in [-0.1, -0.05) is 67.6 Å². The molecule has 8 heteroatoms. The molecular formula is C30H32N2O6. The fourth-order valence-corrected chi connectivity index (χ4v) is 4.54. The topological polar surface area (TPSA) is 105 Å². The Hall–Kier alpha value is -4.33. The fraction of sp³-hybridized carbons (Fsp3) is 0.300. The Labute approximate surface area is 222 Å². The van der Waals surface area contributed by atoms with Gasteiger partial charge >= 0.3 is 12.1 Å². The molecule has 0 bridgehead atoms. The quantitative estimate of drug-likeness (QED) is 0.361. The van der Waals surface area contributed by atoms with Gasteiger partial charge in [0.15, 0.2) is 0 Å². The van der Waals surface area contributed by atoms with Crippen LogP contribution in [0.3, 0.4) is 0 Å². The van der Waals surface area contributed by atoms with Crippen molar-refractivity contribution in [1.82, 2.24) is 10.2 Å². The van der Waals surface area contributed by atoms with E-state index in [1.807, 2.05) is 91.9 Å². The molecule has 3 aromatic carbocycles. The molecule has 0 saturated heterocycles. The molecule has 38 heavy (non-hydrogen) atoms. The largest absolute Gasteiger partial charge is 0.481 e. The SMILES string of the molecule is CCCN(Cc1ccc(Oc2ccccc2)cc1)C(=O)C1CC(C(=O)O)C1NC(=O)OCc1ccccc1. The molecule has 0 heterocycles. The first-order valence-corrected chi connectivity index (χ1v) is 12.7. The second kappa shape index (κ2) is 12.8. The molecule has 3 atom stereocenters. The first-order valence-electron chi connectivity index (χ1n) is 12.7. The average molecular weight is 517 g/mol. The fourth-order valence-electron chi connectivity index (χ4n) is 4.54. The number of hydrogen-bond donors (Lipinski definition) is 2. The Balaban J connectivity index is 1.38. The van der Waals surface area contributed by atoms with Crippen LogP contribution < -0.4 is 10.1 Å². The number of rotatable bonds is 11. The van der Waals surface area contributed by atoms with Gasteiger partial charge in [-0.2, -0.15) is 0 Å². The van der Waals surface area contributed by atoms with Crippen molar-refractivity contribution in [2.75, 3.05) is 6.54 Å². The number of aliphatic carboxylic acids is 1. The van der Waals surface area contributed by atoms with Gasteiger partial charge in [0.05, 0.1) is 17.9 Å². The molecule has 1 fully saturated rings. The van der Waals surface area contributed by atoms with Gasteiger partial charge in [0.25, 0.3) is 0 Å². The van der Waals surface area contributed by atoms with E-state index in [4.69, 9.17) is 9.47 Å². The maximum atomic E-state index is 13.5. The monoisotopic (exact) mass is 516 g/mol. The number of carbonyl (C=O) groups is 3. The lowest BCUT2D eigenvalue weighted by Gasteiger charge is -2.43. The van der Waals surface area contributed by atoms with Crippen molar-refractivity contribution in [1.29, 1.82) is 0 Å². The van der Waals surface area contributed by atoms with Gasteiger partial charge in [-0.15, -0.1) is 0 Å². The molecule has 2 amide bonds. The highest BCUT2D eigenvalue weighted by molar-refractivity contribution is 5.86. The molecule has 3 aromatic rings. The minimum atomic E-state index is -1.04. The third-order valence-electron chi connectivity index (χ3n) is 6.59. The normalized spacial score (nSPS) is 18.1. The summed E-state index contributed by atoms with van der Waals surface area (Å²) in [5.41, 5.74) is 1.74. The summed E-state index contributed by atoms with van der Waals surface area (Å²) in [4.78, 5) is 39.4. The van der Waals surface area contributed by atoms with Crippen LogP contribution in [0, 0.1) is 11.8 Å². The summed E-state index contributed by atoms with van der Waals surface area (Å²) in [7, 11) is 0. The Kier molecular flexibility index (Phi) is 8.98. The molecular weight excluding hydrogens is 484 g/mol. The second-order valence-corrected chi connectivity index (χ2v) is 9.34. The smallest absolute Gasteiger partial charge is 0.407 e. The van der Waals surface area contributed by atoms with Crippen molar-refractivity contribution in [2.24, 2.45) is 11.8 Å². The van der Waals surface area contributed by atoms with Crippen LogP contribution in [-0.4, -0.2) is 40.6 Å². The van der Waals surface area contributed by atoms with Gasteiger partial charge in [-0.05, 0) is 48.2 Å². The molecule has 0 spiro atoms. The molecule has 4 rings (SSSR count). The van der Waals surface area contributed by atoms with Crippen LogP contribution in [0.4, 0.5) is 4.79 Å². The molecule has 198 valence electrons. The van der Waals surface area contributed by atoms with E-state index in [9.17, 15) is 19.5 Å². The number of hydrogen-bond acceptors (Lipinski definition) is 5. The third kappa shape index (κ3) is 6.91. The van der Waals surface area contributed by atoms with Gasteiger partial charge in [-0.25, -0.2) is 4.79 Å². The summed E-state index contributed by atoms with van der Waals surface area (Å²) in [6.45, 7) is 2.93. The molecule has 3 unspecified atom stereocenters. The average Bonchev–Trinajstić information content (AvgIpc) is 2.91. The molecule has 1 aliphatic carbocycles. The van der Waals surface area contributed by atoms with E-state index >= 15 is 0 Å². The number of ether oxygens (including phenoxy) is 2. The summed E-state index contributed by atoms with van der Waals surface area (Å²) in [5.74, 6) is -1.27.